The fraction of sp³-hybridized carbons (Fsp3) is 0.250. The zero-order chi connectivity index (χ0) is 14.9. The molecule has 0 bridgehead atoms. The fourth-order valence-corrected chi connectivity index (χ4v) is 4.70. The third-order valence-corrected chi connectivity index (χ3v) is 5.94. The zero-order valence-corrected chi connectivity index (χ0v) is 13.0. The van der Waals surface area contributed by atoms with Crippen molar-refractivity contribution < 1.29 is 8.42 Å². The number of rotatable bonds is 3. The van der Waals surface area contributed by atoms with Crippen LogP contribution in [0.25, 0.3) is 0 Å². The van der Waals surface area contributed by atoms with Crippen LogP contribution in [0.15, 0.2) is 59.5 Å². The lowest BCUT2D eigenvalue weighted by Gasteiger charge is -2.24. The third-order valence-electron chi connectivity index (χ3n) is 3.79. The van der Waals surface area contributed by atoms with Gasteiger partial charge in [-0.15, -0.1) is 0 Å². The van der Waals surface area contributed by atoms with Crippen LogP contribution in [-0.2, 0) is 10.0 Å². The van der Waals surface area contributed by atoms with Gasteiger partial charge in [0.25, 0.3) is 0 Å². The fourth-order valence-electron chi connectivity index (χ4n) is 2.80. The van der Waals surface area contributed by atoms with Crippen molar-refractivity contribution in [1.29, 1.82) is 0 Å². The number of sulfonamides is 1. The molecule has 0 N–H and O–H groups in total. The highest BCUT2D eigenvalue weighted by Crippen LogP contribution is 2.37. The topological polar surface area (TPSA) is 37.4 Å². The smallest absolute Gasteiger partial charge is 0.207 e. The number of benzene rings is 2. The highest BCUT2D eigenvalue weighted by atomic mass is 35.5. The summed E-state index contributed by atoms with van der Waals surface area (Å²) in [6.45, 7) is 0.550. The van der Waals surface area contributed by atoms with Crippen LogP contribution in [0, 0.1) is 0 Å². The Kier molecular flexibility index (Phi) is 4.02. The summed E-state index contributed by atoms with van der Waals surface area (Å²) in [4.78, 5) is 0.346. The predicted octanol–water partition coefficient (Wildman–Crippen LogP) is 3.87. The van der Waals surface area contributed by atoms with Crippen molar-refractivity contribution in [2.75, 3.05) is 6.54 Å². The first-order chi connectivity index (χ1) is 10.1. The molecule has 1 fully saturated rings. The standard InChI is InChI=1S/C16H16ClNO2S/c17-14-7-4-6-13(12-14)16-10-5-11-18(16)21(19,20)15-8-2-1-3-9-15/h1-4,6-9,12,16H,5,10-11H2. The molecule has 2 aromatic carbocycles. The van der Waals surface area contributed by atoms with Crippen LogP contribution in [0.2, 0.25) is 5.02 Å². The first-order valence-corrected chi connectivity index (χ1v) is 8.73. The van der Waals surface area contributed by atoms with E-state index in [-0.39, 0.29) is 6.04 Å². The van der Waals surface area contributed by atoms with E-state index in [1.165, 1.54) is 0 Å². The Labute approximate surface area is 130 Å². The first-order valence-electron chi connectivity index (χ1n) is 6.91. The molecular formula is C16H16ClNO2S. The molecule has 110 valence electrons. The normalized spacial score (nSPS) is 19.8. The molecule has 0 spiro atoms. The highest BCUT2D eigenvalue weighted by molar-refractivity contribution is 7.89. The van der Waals surface area contributed by atoms with Crippen molar-refractivity contribution in [3.63, 3.8) is 0 Å². The Hall–Kier alpha value is -1.36. The van der Waals surface area contributed by atoms with Gasteiger partial charge in [-0.3, -0.25) is 0 Å². The van der Waals surface area contributed by atoms with Gasteiger partial charge < -0.3 is 0 Å². The van der Waals surface area contributed by atoms with E-state index in [2.05, 4.69) is 0 Å². The van der Waals surface area contributed by atoms with E-state index in [1.807, 2.05) is 24.3 Å². The summed E-state index contributed by atoms with van der Waals surface area (Å²) >= 11 is 6.03. The number of halogens is 1. The minimum absolute atomic E-state index is 0.131. The van der Waals surface area contributed by atoms with Gasteiger partial charge in [-0.05, 0) is 42.7 Å². The lowest BCUT2D eigenvalue weighted by Crippen LogP contribution is -2.30. The van der Waals surface area contributed by atoms with Crippen LogP contribution >= 0.6 is 11.6 Å². The Balaban J connectivity index is 1.98. The van der Waals surface area contributed by atoms with Gasteiger partial charge in [0.1, 0.15) is 0 Å². The summed E-state index contributed by atoms with van der Waals surface area (Å²) in [6.07, 6.45) is 1.69. The molecule has 5 heteroatoms. The van der Waals surface area contributed by atoms with Gasteiger partial charge >= 0.3 is 0 Å². The minimum atomic E-state index is -3.46. The summed E-state index contributed by atoms with van der Waals surface area (Å²) in [5, 5.41) is 0.636. The Bertz CT molecular complexity index is 731. The zero-order valence-electron chi connectivity index (χ0n) is 11.4. The average molecular weight is 322 g/mol. The summed E-state index contributed by atoms with van der Waals surface area (Å²) in [7, 11) is -3.46. The lowest BCUT2D eigenvalue weighted by molar-refractivity contribution is 0.396. The largest absolute Gasteiger partial charge is 0.243 e. The summed E-state index contributed by atoms with van der Waals surface area (Å²) < 4.78 is 27.2. The van der Waals surface area contributed by atoms with Crippen LogP contribution in [0.4, 0.5) is 0 Å². The maximum Gasteiger partial charge on any atom is 0.243 e. The van der Waals surface area contributed by atoms with E-state index in [9.17, 15) is 8.42 Å². The maximum absolute atomic E-state index is 12.8. The predicted molar refractivity (Wildman–Crippen MR) is 83.8 cm³/mol. The summed E-state index contributed by atoms with van der Waals surface area (Å²) in [5.74, 6) is 0. The van der Waals surface area contributed by atoms with Crippen molar-refractivity contribution in [1.82, 2.24) is 4.31 Å². The van der Waals surface area contributed by atoms with Crippen LogP contribution in [-0.4, -0.2) is 19.3 Å². The molecule has 21 heavy (non-hydrogen) atoms. The molecule has 1 aliphatic heterocycles. The van der Waals surface area contributed by atoms with Crippen molar-refractivity contribution in [3.8, 4) is 0 Å². The second-order valence-corrected chi connectivity index (χ2v) is 7.47. The quantitative estimate of drug-likeness (QED) is 0.860. The molecule has 1 aliphatic rings. The summed E-state index contributed by atoms with van der Waals surface area (Å²) in [6, 6.07) is 15.9. The van der Waals surface area contributed by atoms with Gasteiger partial charge in [-0.25, -0.2) is 8.42 Å². The molecule has 3 rings (SSSR count). The van der Waals surface area contributed by atoms with Crippen molar-refractivity contribution in [2.45, 2.75) is 23.8 Å². The van der Waals surface area contributed by atoms with Crippen LogP contribution in [0.3, 0.4) is 0 Å². The summed E-state index contributed by atoms with van der Waals surface area (Å²) in [5.41, 5.74) is 0.958. The second-order valence-electron chi connectivity index (χ2n) is 5.14. The molecule has 2 aromatic rings. The third kappa shape index (κ3) is 2.84. The molecule has 3 nitrogen and oxygen atoms in total. The van der Waals surface area contributed by atoms with Gasteiger partial charge in [-0.1, -0.05) is 41.9 Å². The Morgan fingerprint density at radius 2 is 1.81 bits per heavy atom. The van der Waals surface area contributed by atoms with E-state index in [0.29, 0.717) is 16.5 Å². The minimum Gasteiger partial charge on any atom is -0.207 e. The van der Waals surface area contributed by atoms with Crippen molar-refractivity contribution in [2.24, 2.45) is 0 Å². The first kappa shape index (κ1) is 14.6. The molecule has 0 saturated carbocycles. The monoisotopic (exact) mass is 321 g/mol. The van der Waals surface area contributed by atoms with E-state index in [1.54, 1.807) is 34.6 Å². The number of hydrogen-bond donors (Lipinski definition) is 0. The Morgan fingerprint density at radius 3 is 2.52 bits per heavy atom. The molecule has 1 heterocycles. The van der Waals surface area contributed by atoms with Crippen LogP contribution in [0.5, 0.6) is 0 Å². The molecule has 1 saturated heterocycles. The van der Waals surface area contributed by atoms with Crippen LogP contribution in [0.1, 0.15) is 24.4 Å². The van der Waals surface area contributed by atoms with E-state index < -0.39 is 10.0 Å². The Morgan fingerprint density at radius 1 is 1.05 bits per heavy atom. The van der Waals surface area contributed by atoms with Gasteiger partial charge in [0, 0.05) is 11.6 Å². The number of nitrogens with zero attached hydrogens (tertiary/aromatic N) is 1. The molecule has 1 atom stereocenters. The van der Waals surface area contributed by atoms with Crippen LogP contribution < -0.4 is 0 Å². The van der Waals surface area contributed by atoms with Crippen molar-refractivity contribution >= 4 is 21.6 Å². The molecule has 0 amide bonds. The van der Waals surface area contributed by atoms with E-state index >= 15 is 0 Å². The van der Waals surface area contributed by atoms with Gasteiger partial charge in [-0.2, -0.15) is 4.31 Å². The van der Waals surface area contributed by atoms with Gasteiger partial charge in [0.05, 0.1) is 10.9 Å². The maximum atomic E-state index is 12.8. The second kappa shape index (κ2) is 5.79. The molecule has 1 unspecified atom stereocenters. The van der Waals surface area contributed by atoms with Gasteiger partial charge in [0.15, 0.2) is 0 Å². The highest BCUT2D eigenvalue weighted by Gasteiger charge is 2.36. The molecule has 0 aromatic heterocycles. The lowest BCUT2D eigenvalue weighted by atomic mass is 10.1. The molecule has 0 aliphatic carbocycles. The van der Waals surface area contributed by atoms with E-state index in [0.717, 1.165) is 18.4 Å². The van der Waals surface area contributed by atoms with Crippen molar-refractivity contribution in [3.05, 3.63) is 65.2 Å². The SMILES string of the molecule is O=S(=O)(c1ccccc1)N1CCCC1c1cccc(Cl)c1. The van der Waals surface area contributed by atoms with Gasteiger partial charge in [0.2, 0.25) is 10.0 Å². The van der Waals surface area contributed by atoms with E-state index in [4.69, 9.17) is 11.6 Å². The molecular weight excluding hydrogens is 306 g/mol. The number of hydrogen-bond acceptors (Lipinski definition) is 2. The molecule has 0 radical (unpaired) electrons. The average Bonchev–Trinajstić information content (AvgIpc) is 2.98.